The van der Waals surface area contributed by atoms with E-state index in [1.165, 1.54) is 17.0 Å². The molecule has 0 spiro atoms. The highest BCUT2D eigenvalue weighted by Crippen LogP contribution is 2.30. The number of alkyl halides is 3. The van der Waals surface area contributed by atoms with E-state index in [2.05, 4.69) is 10.6 Å². The minimum Gasteiger partial charge on any atom is -0.444 e. The Balaban J connectivity index is 1.33. The number of ether oxygens (including phenoxy) is 1. The third-order valence-electron chi connectivity index (χ3n) is 9.54. The molecule has 10 nitrogen and oxygen atoms in total. The third-order valence-corrected chi connectivity index (χ3v) is 9.54. The van der Waals surface area contributed by atoms with Gasteiger partial charge in [0, 0.05) is 26.1 Å². The van der Waals surface area contributed by atoms with Crippen LogP contribution in [0.3, 0.4) is 0 Å². The zero-order chi connectivity index (χ0) is 34.3. The second kappa shape index (κ2) is 16.2. The van der Waals surface area contributed by atoms with Crippen LogP contribution in [0.25, 0.3) is 0 Å². The number of carbonyl (C=O) groups excluding carboxylic acids is 3. The van der Waals surface area contributed by atoms with E-state index in [1.54, 1.807) is 4.90 Å². The lowest BCUT2D eigenvalue weighted by Gasteiger charge is -2.30. The van der Waals surface area contributed by atoms with Crippen molar-refractivity contribution in [1.29, 1.82) is 0 Å². The molecule has 14 heteroatoms. The summed E-state index contributed by atoms with van der Waals surface area (Å²) in [7, 11) is -1.79. The van der Waals surface area contributed by atoms with Gasteiger partial charge in [-0.2, -0.15) is 13.2 Å². The van der Waals surface area contributed by atoms with Crippen molar-refractivity contribution in [3.05, 3.63) is 70.8 Å². The molecule has 260 valence electrons. The standard InChI is InChI=1S/C34H44BF3N4O6/c36-34(37,38)26-16-14-23(15-17-26)19-39-28-12-6-4-2-1-3-5-7-13-30(35(46)47)40-31(43)29-18-27(22-42(29)32(28)44)48-33(45)41-20-24-10-8-9-11-25(24)21-41/h8-11,14-17,27-30,39,46-47H,1-7,12-13,18-22H2,(H,40,43)/t27-,28+,29+,30+/m1/s1. The van der Waals surface area contributed by atoms with Crippen LogP contribution in [0.2, 0.25) is 0 Å². The van der Waals surface area contributed by atoms with Crippen LogP contribution < -0.4 is 10.6 Å². The minimum atomic E-state index is -4.46. The van der Waals surface area contributed by atoms with Crippen LogP contribution in [0.4, 0.5) is 18.0 Å². The van der Waals surface area contributed by atoms with Crippen molar-refractivity contribution in [2.75, 3.05) is 6.54 Å². The predicted octanol–water partition coefficient (Wildman–Crippen LogP) is 4.31. The zero-order valence-electron chi connectivity index (χ0n) is 27.0. The summed E-state index contributed by atoms with van der Waals surface area (Å²) in [6.45, 7) is 0.876. The predicted molar refractivity (Wildman–Crippen MR) is 172 cm³/mol. The Bertz CT molecular complexity index is 1390. The first-order valence-electron chi connectivity index (χ1n) is 16.9. The molecular formula is C34H44BF3N4O6. The fraction of sp³-hybridized carbons (Fsp3) is 0.559. The normalized spacial score (nSPS) is 24.5. The average Bonchev–Trinajstić information content (AvgIpc) is 3.68. The molecule has 3 heterocycles. The van der Waals surface area contributed by atoms with Crippen LogP contribution in [0.15, 0.2) is 48.5 Å². The number of nitrogens with one attached hydrogen (secondary N) is 2. The number of halogens is 3. The lowest BCUT2D eigenvalue weighted by atomic mass is 9.76. The highest BCUT2D eigenvalue weighted by Gasteiger charge is 2.44. The number of fused-ring (bicyclic) bond motifs is 2. The van der Waals surface area contributed by atoms with Crippen molar-refractivity contribution in [3.63, 3.8) is 0 Å². The summed E-state index contributed by atoms with van der Waals surface area (Å²) in [5, 5.41) is 26.0. The van der Waals surface area contributed by atoms with Gasteiger partial charge < -0.3 is 30.3 Å². The molecule has 2 aromatic rings. The summed E-state index contributed by atoms with van der Waals surface area (Å²) in [6.07, 6.45) is 1.14. The summed E-state index contributed by atoms with van der Waals surface area (Å²) in [5.41, 5.74) is 1.85. The molecule has 4 atom stereocenters. The van der Waals surface area contributed by atoms with Crippen molar-refractivity contribution in [2.45, 2.75) is 114 Å². The Morgan fingerprint density at radius 2 is 1.52 bits per heavy atom. The number of benzene rings is 2. The van der Waals surface area contributed by atoms with Gasteiger partial charge in [-0.3, -0.25) is 14.5 Å². The van der Waals surface area contributed by atoms with Gasteiger partial charge in [-0.25, -0.2) is 4.79 Å². The van der Waals surface area contributed by atoms with Crippen LogP contribution in [0.1, 0.15) is 86.5 Å². The van der Waals surface area contributed by atoms with Crippen molar-refractivity contribution in [1.82, 2.24) is 20.4 Å². The van der Waals surface area contributed by atoms with Gasteiger partial charge in [0.05, 0.1) is 24.1 Å². The fourth-order valence-corrected chi connectivity index (χ4v) is 6.79. The molecule has 0 bridgehead atoms. The van der Waals surface area contributed by atoms with Crippen molar-refractivity contribution >= 4 is 25.0 Å². The van der Waals surface area contributed by atoms with Crippen molar-refractivity contribution in [2.24, 2.45) is 0 Å². The first-order chi connectivity index (χ1) is 23.0. The minimum absolute atomic E-state index is 0.0317. The van der Waals surface area contributed by atoms with E-state index in [9.17, 15) is 37.6 Å². The van der Waals surface area contributed by atoms with E-state index in [0.717, 1.165) is 61.8 Å². The fourth-order valence-electron chi connectivity index (χ4n) is 6.79. The number of hydrogen-bond donors (Lipinski definition) is 4. The molecule has 2 saturated heterocycles. The van der Waals surface area contributed by atoms with Crippen LogP contribution in [0.5, 0.6) is 0 Å². The zero-order valence-corrected chi connectivity index (χ0v) is 27.0. The molecule has 0 aliphatic carbocycles. The van der Waals surface area contributed by atoms with Gasteiger partial charge in [-0.05, 0) is 41.7 Å². The maximum Gasteiger partial charge on any atom is 0.475 e. The molecule has 2 aromatic carbocycles. The number of amides is 3. The van der Waals surface area contributed by atoms with Crippen LogP contribution in [0, 0.1) is 0 Å². The molecule has 3 amide bonds. The highest BCUT2D eigenvalue weighted by atomic mass is 19.4. The molecule has 5 rings (SSSR count). The first kappa shape index (κ1) is 35.7. The number of carbonyl (C=O) groups is 3. The lowest BCUT2D eigenvalue weighted by molar-refractivity contribution is -0.140. The van der Waals surface area contributed by atoms with Gasteiger partial charge in [0.25, 0.3) is 0 Å². The first-order valence-corrected chi connectivity index (χ1v) is 16.9. The SMILES string of the molecule is O=C1N[C@H](B(O)O)CCCCCCCCC[C@H](NCc2ccc(C(F)(F)F)cc2)C(=O)N2C[C@H](OC(=O)N3Cc4ccccc4C3)C[C@@H]12. The van der Waals surface area contributed by atoms with Crippen molar-refractivity contribution < 1.29 is 42.3 Å². The molecular weight excluding hydrogens is 628 g/mol. The average molecular weight is 673 g/mol. The van der Waals surface area contributed by atoms with E-state index in [0.29, 0.717) is 37.9 Å². The Morgan fingerprint density at radius 1 is 0.917 bits per heavy atom. The molecule has 48 heavy (non-hydrogen) atoms. The van der Waals surface area contributed by atoms with E-state index in [4.69, 9.17) is 4.74 Å². The number of rotatable bonds is 5. The monoisotopic (exact) mass is 672 g/mol. The Kier molecular flexibility index (Phi) is 12.0. The van der Waals surface area contributed by atoms with Gasteiger partial charge in [0.1, 0.15) is 12.1 Å². The molecule has 0 unspecified atom stereocenters. The van der Waals surface area contributed by atoms with Gasteiger partial charge in [-0.1, -0.05) is 81.3 Å². The molecule has 4 N–H and O–H groups in total. The number of hydrogen-bond acceptors (Lipinski definition) is 7. The summed E-state index contributed by atoms with van der Waals surface area (Å²) >= 11 is 0. The molecule has 3 aliphatic heterocycles. The molecule has 0 radical (unpaired) electrons. The van der Waals surface area contributed by atoms with Gasteiger partial charge >= 0.3 is 19.4 Å². The Labute approximate surface area is 279 Å². The molecule has 2 fully saturated rings. The molecule has 3 aliphatic rings. The summed E-state index contributed by atoms with van der Waals surface area (Å²) in [4.78, 5) is 44.1. The van der Waals surface area contributed by atoms with E-state index >= 15 is 0 Å². The van der Waals surface area contributed by atoms with Gasteiger partial charge in [0.2, 0.25) is 11.8 Å². The summed E-state index contributed by atoms with van der Waals surface area (Å²) in [6, 6.07) is 10.7. The maximum absolute atomic E-state index is 14.2. The second-order valence-corrected chi connectivity index (χ2v) is 13.1. The highest BCUT2D eigenvalue weighted by molar-refractivity contribution is 6.43. The maximum atomic E-state index is 14.2. The molecule has 0 saturated carbocycles. The number of nitrogens with zero attached hydrogens (tertiary/aromatic N) is 2. The summed E-state index contributed by atoms with van der Waals surface area (Å²) < 4.78 is 45.1. The summed E-state index contributed by atoms with van der Waals surface area (Å²) in [5.74, 6) is -1.88. The molecule has 0 aromatic heterocycles. The second-order valence-electron chi connectivity index (χ2n) is 13.1. The van der Waals surface area contributed by atoms with E-state index in [-0.39, 0.29) is 25.4 Å². The smallest absolute Gasteiger partial charge is 0.444 e. The Morgan fingerprint density at radius 3 is 2.12 bits per heavy atom. The van der Waals surface area contributed by atoms with E-state index in [1.807, 2.05) is 24.3 Å². The Hall–Kier alpha value is -3.62. The van der Waals surface area contributed by atoms with Crippen LogP contribution >= 0.6 is 0 Å². The largest absolute Gasteiger partial charge is 0.475 e. The van der Waals surface area contributed by atoms with E-state index < -0.39 is 55.0 Å². The van der Waals surface area contributed by atoms with Gasteiger partial charge in [-0.15, -0.1) is 0 Å². The lowest BCUT2D eigenvalue weighted by Crippen LogP contribution is -2.56. The third kappa shape index (κ3) is 9.29. The van der Waals surface area contributed by atoms with Gasteiger partial charge in [0.15, 0.2) is 0 Å². The van der Waals surface area contributed by atoms with Crippen LogP contribution in [-0.4, -0.2) is 75.5 Å². The van der Waals surface area contributed by atoms with Crippen molar-refractivity contribution in [3.8, 4) is 0 Å². The quantitative estimate of drug-likeness (QED) is 0.349. The topological polar surface area (TPSA) is 131 Å². The van der Waals surface area contributed by atoms with Crippen LogP contribution in [-0.2, 0) is 40.1 Å².